The van der Waals surface area contributed by atoms with Crippen molar-refractivity contribution in [1.29, 1.82) is 0 Å². The van der Waals surface area contributed by atoms with Gasteiger partial charge in [-0.05, 0) is 26.4 Å². The molecule has 7 nitrogen and oxygen atoms in total. The zero-order valence-electron chi connectivity index (χ0n) is 16.0. The standard InChI is InChI=1S/C17H36N6O.HI/c1-3-21-7-9-23(10-8-21)16(2)15-20-17(18)19-5-4-6-22-11-13-24-14-12-22;/h16H,3-15H2,1-2H3,(H3,18,19,20);1H. The van der Waals surface area contributed by atoms with E-state index in [0.29, 0.717) is 12.0 Å². The first kappa shape index (κ1) is 22.9. The van der Waals surface area contributed by atoms with E-state index in [1.54, 1.807) is 0 Å². The van der Waals surface area contributed by atoms with Gasteiger partial charge in [-0.1, -0.05) is 6.92 Å². The number of nitrogens with one attached hydrogen (secondary N) is 1. The molecule has 2 aliphatic rings. The first-order valence-corrected chi connectivity index (χ1v) is 9.49. The molecule has 3 N–H and O–H groups in total. The molecule has 0 aromatic rings. The van der Waals surface area contributed by atoms with Gasteiger partial charge in [-0.3, -0.25) is 14.8 Å². The lowest BCUT2D eigenvalue weighted by Gasteiger charge is -2.37. The molecule has 0 aromatic carbocycles. The van der Waals surface area contributed by atoms with Gasteiger partial charge in [0.2, 0.25) is 0 Å². The van der Waals surface area contributed by atoms with E-state index in [9.17, 15) is 0 Å². The molecule has 0 bridgehead atoms. The van der Waals surface area contributed by atoms with Crippen LogP contribution in [-0.2, 0) is 4.74 Å². The van der Waals surface area contributed by atoms with Crippen molar-refractivity contribution in [1.82, 2.24) is 20.0 Å². The normalized spacial score (nSPS) is 22.4. The Kier molecular flexibility index (Phi) is 12.0. The molecule has 2 aliphatic heterocycles. The molecule has 2 fully saturated rings. The van der Waals surface area contributed by atoms with Crippen LogP contribution in [0.25, 0.3) is 0 Å². The van der Waals surface area contributed by atoms with Crippen LogP contribution in [0.1, 0.15) is 20.3 Å². The average molecular weight is 468 g/mol. The third-order valence-corrected chi connectivity index (χ3v) is 5.06. The summed E-state index contributed by atoms with van der Waals surface area (Å²) in [6.45, 7) is 16.8. The molecule has 0 saturated carbocycles. The van der Waals surface area contributed by atoms with E-state index in [1.165, 1.54) is 13.1 Å². The number of morpholine rings is 1. The lowest BCUT2D eigenvalue weighted by molar-refractivity contribution is 0.0376. The number of nitrogens with zero attached hydrogens (tertiary/aromatic N) is 4. The van der Waals surface area contributed by atoms with Crippen molar-refractivity contribution in [2.75, 3.05) is 78.7 Å². The topological polar surface area (TPSA) is 69.4 Å². The van der Waals surface area contributed by atoms with Crippen LogP contribution < -0.4 is 11.1 Å². The number of likely N-dealkylation sites (N-methyl/N-ethyl adjacent to an activating group) is 1. The van der Waals surface area contributed by atoms with Crippen molar-refractivity contribution in [3.05, 3.63) is 0 Å². The molecule has 25 heavy (non-hydrogen) atoms. The molecular weight excluding hydrogens is 431 g/mol. The second-order valence-electron chi connectivity index (χ2n) is 6.78. The van der Waals surface area contributed by atoms with Crippen molar-refractivity contribution < 1.29 is 4.74 Å². The predicted octanol–water partition coefficient (Wildman–Crippen LogP) is 0.257. The minimum atomic E-state index is 0. The molecule has 1 atom stereocenters. The fraction of sp³-hybridized carbons (Fsp3) is 0.941. The summed E-state index contributed by atoms with van der Waals surface area (Å²) in [5, 5.41) is 3.24. The van der Waals surface area contributed by atoms with Gasteiger partial charge in [0.1, 0.15) is 0 Å². The van der Waals surface area contributed by atoms with Gasteiger partial charge in [-0.2, -0.15) is 0 Å². The van der Waals surface area contributed by atoms with Crippen molar-refractivity contribution in [3.63, 3.8) is 0 Å². The van der Waals surface area contributed by atoms with Crippen LogP contribution in [0.15, 0.2) is 4.99 Å². The second kappa shape index (κ2) is 13.1. The van der Waals surface area contributed by atoms with Gasteiger partial charge < -0.3 is 20.7 Å². The van der Waals surface area contributed by atoms with Crippen LogP contribution in [0.3, 0.4) is 0 Å². The first-order chi connectivity index (χ1) is 11.7. The van der Waals surface area contributed by atoms with E-state index in [4.69, 9.17) is 10.5 Å². The number of nitrogens with two attached hydrogens (primary N) is 1. The van der Waals surface area contributed by atoms with Crippen LogP contribution in [-0.4, -0.2) is 105 Å². The molecule has 2 saturated heterocycles. The van der Waals surface area contributed by atoms with Crippen molar-refractivity contribution in [2.24, 2.45) is 10.7 Å². The predicted molar refractivity (Wildman–Crippen MR) is 115 cm³/mol. The third kappa shape index (κ3) is 8.85. The molecule has 0 spiro atoms. The van der Waals surface area contributed by atoms with E-state index in [2.05, 4.69) is 38.9 Å². The summed E-state index contributed by atoms with van der Waals surface area (Å²) in [5.74, 6) is 0.580. The molecule has 2 rings (SSSR count). The highest BCUT2D eigenvalue weighted by Gasteiger charge is 2.19. The molecular formula is C17H37IN6O. The molecule has 0 amide bonds. The maximum absolute atomic E-state index is 5.99. The average Bonchev–Trinajstić information content (AvgIpc) is 2.64. The number of ether oxygens (including phenoxy) is 1. The highest BCUT2D eigenvalue weighted by Crippen LogP contribution is 2.06. The number of hydrogen-bond acceptors (Lipinski definition) is 5. The third-order valence-electron chi connectivity index (χ3n) is 5.06. The van der Waals surface area contributed by atoms with E-state index in [0.717, 1.165) is 72.0 Å². The molecule has 0 aromatic heterocycles. The molecule has 1 unspecified atom stereocenters. The van der Waals surface area contributed by atoms with E-state index in [1.807, 2.05) is 0 Å². The van der Waals surface area contributed by atoms with Crippen molar-refractivity contribution in [2.45, 2.75) is 26.3 Å². The van der Waals surface area contributed by atoms with Crippen molar-refractivity contribution >= 4 is 29.9 Å². The second-order valence-corrected chi connectivity index (χ2v) is 6.78. The Hall–Kier alpha value is -0.160. The van der Waals surface area contributed by atoms with Crippen LogP contribution >= 0.6 is 24.0 Å². The van der Waals surface area contributed by atoms with Gasteiger partial charge in [0.15, 0.2) is 5.96 Å². The molecule has 2 heterocycles. The Morgan fingerprint density at radius 2 is 1.80 bits per heavy atom. The molecule has 0 radical (unpaired) electrons. The minimum Gasteiger partial charge on any atom is -0.379 e. The SMILES string of the molecule is CCN1CCN(C(C)CN=C(N)NCCCN2CCOCC2)CC1.I. The van der Waals surface area contributed by atoms with Crippen LogP contribution in [0.4, 0.5) is 0 Å². The highest BCUT2D eigenvalue weighted by molar-refractivity contribution is 14.0. The van der Waals surface area contributed by atoms with Gasteiger partial charge in [0.25, 0.3) is 0 Å². The summed E-state index contributed by atoms with van der Waals surface area (Å²) in [7, 11) is 0. The summed E-state index contributed by atoms with van der Waals surface area (Å²) in [5.41, 5.74) is 5.99. The number of piperazine rings is 1. The Labute approximate surface area is 170 Å². The van der Waals surface area contributed by atoms with Crippen LogP contribution in [0.2, 0.25) is 0 Å². The Morgan fingerprint density at radius 3 is 2.44 bits per heavy atom. The van der Waals surface area contributed by atoms with Gasteiger partial charge in [-0.15, -0.1) is 24.0 Å². The molecule has 148 valence electrons. The van der Waals surface area contributed by atoms with Gasteiger partial charge in [-0.25, -0.2) is 0 Å². The number of aliphatic imine (C=N–C) groups is 1. The minimum absolute atomic E-state index is 0. The fourth-order valence-corrected chi connectivity index (χ4v) is 3.27. The van der Waals surface area contributed by atoms with Crippen LogP contribution in [0.5, 0.6) is 0 Å². The summed E-state index contributed by atoms with van der Waals surface area (Å²) < 4.78 is 5.36. The number of rotatable bonds is 8. The fourth-order valence-electron chi connectivity index (χ4n) is 3.27. The lowest BCUT2D eigenvalue weighted by atomic mass is 10.2. The van der Waals surface area contributed by atoms with E-state index < -0.39 is 0 Å². The Morgan fingerprint density at radius 1 is 1.12 bits per heavy atom. The summed E-state index contributed by atoms with van der Waals surface area (Å²) in [6, 6.07) is 0.456. The summed E-state index contributed by atoms with van der Waals surface area (Å²) in [6.07, 6.45) is 1.09. The van der Waals surface area contributed by atoms with Gasteiger partial charge in [0, 0.05) is 51.9 Å². The smallest absolute Gasteiger partial charge is 0.188 e. The summed E-state index contributed by atoms with van der Waals surface area (Å²) in [4.78, 5) is 12.0. The van der Waals surface area contributed by atoms with E-state index >= 15 is 0 Å². The largest absolute Gasteiger partial charge is 0.379 e. The number of guanidine groups is 1. The quantitative estimate of drug-likeness (QED) is 0.231. The maximum Gasteiger partial charge on any atom is 0.188 e. The van der Waals surface area contributed by atoms with Gasteiger partial charge >= 0.3 is 0 Å². The van der Waals surface area contributed by atoms with Crippen molar-refractivity contribution in [3.8, 4) is 0 Å². The number of halogens is 1. The summed E-state index contributed by atoms with van der Waals surface area (Å²) >= 11 is 0. The molecule has 8 heteroatoms. The zero-order chi connectivity index (χ0) is 17.2. The maximum atomic E-state index is 5.99. The lowest BCUT2D eigenvalue weighted by Crippen LogP contribution is -2.50. The Bertz CT molecular complexity index is 370. The molecule has 0 aliphatic carbocycles. The highest BCUT2D eigenvalue weighted by atomic mass is 127. The number of hydrogen-bond donors (Lipinski definition) is 2. The van der Waals surface area contributed by atoms with E-state index in [-0.39, 0.29) is 24.0 Å². The zero-order valence-corrected chi connectivity index (χ0v) is 18.3. The van der Waals surface area contributed by atoms with Crippen LogP contribution in [0, 0.1) is 0 Å². The van der Waals surface area contributed by atoms with Gasteiger partial charge in [0.05, 0.1) is 19.8 Å². The Balaban J connectivity index is 0.00000312. The first-order valence-electron chi connectivity index (χ1n) is 9.49. The monoisotopic (exact) mass is 468 g/mol.